The number of nitrogens with zero attached hydrogens (tertiary/aromatic N) is 3. The molecule has 1 amide bonds. The summed E-state index contributed by atoms with van der Waals surface area (Å²) in [7, 11) is 0. The second-order valence-corrected chi connectivity index (χ2v) is 12.9. The highest BCUT2D eigenvalue weighted by Crippen LogP contribution is 2.46. The fraction of sp³-hybridized carbons (Fsp3) is 0.333. The van der Waals surface area contributed by atoms with Gasteiger partial charge < -0.3 is 14.0 Å². The van der Waals surface area contributed by atoms with Gasteiger partial charge in [-0.25, -0.2) is 9.78 Å². The van der Waals surface area contributed by atoms with Gasteiger partial charge in [-0.3, -0.25) is 9.69 Å². The second kappa shape index (κ2) is 10.8. The zero-order valence-corrected chi connectivity index (χ0v) is 25.0. The predicted octanol–water partition coefficient (Wildman–Crippen LogP) is 8.13. The number of hydrogen-bond donors (Lipinski definition) is 0. The number of rotatable bonds is 7. The third-order valence-corrected chi connectivity index (χ3v) is 8.38. The molecule has 1 aliphatic carbocycles. The minimum Gasteiger partial charge on any atom is -0.489 e. The van der Waals surface area contributed by atoms with E-state index in [2.05, 4.69) is 10.1 Å². The Bertz CT molecular complexity index is 1630. The lowest BCUT2D eigenvalue weighted by Gasteiger charge is -2.27. The average molecular weight is 613 g/mol. The van der Waals surface area contributed by atoms with E-state index in [1.807, 2.05) is 18.2 Å². The van der Waals surface area contributed by atoms with Crippen LogP contribution in [0.1, 0.15) is 72.5 Å². The first-order valence-electron chi connectivity index (χ1n) is 13.3. The highest BCUT2D eigenvalue weighted by Gasteiger charge is 2.34. The van der Waals surface area contributed by atoms with Crippen molar-refractivity contribution >= 4 is 57.2 Å². The molecule has 0 atom stereocenters. The maximum absolute atomic E-state index is 13.0. The van der Waals surface area contributed by atoms with Crippen LogP contribution in [0.25, 0.3) is 11.3 Å². The summed E-state index contributed by atoms with van der Waals surface area (Å²) in [4.78, 5) is 31.8. The number of carbonyl (C=O) groups is 2. The van der Waals surface area contributed by atoms with Crippen LogP contribution in [0.5, 0.6) is 5.75 Å². The molecule has 2 aromatic heterocycles. The summed E-state index contributed by atoms with van der Waals surface area (Å²) in [6.45, 7) is 5.64. The number of aromatic nitrogens is 2. The molecule has 3 heterocycles. The Labute approximate surface area is 251 Å². The van der Waals surface area contributed by atoms with Gasteiger partial charge in [-0.05, 0) is 75.9 Å². The summed E-state index contributed by atoms with van der Waals surface area (Å²) >= 11 is 14.1. The van der Waals surface area contributed by atoms with E-state index in [-0.39, 0.29) is 12.5 Å². The van der Waals surface area contributed by atoms with Crippen molar-refractivity contribution < 1.29 is 23.6 Å². The quantitative estimate of drug-likeness (QED) is 0.195. The highest BCUT2D eigenvalue weighted by molar-refractivity contribution is 7.17. The molecule has 0 radical (unpaired) electrons. The van der Waals surface area contributed by atoms with Crippen LogP contribution in [0, 0.1) is 0 Å². The standard InChI is InChI=1S/C30H27Cl2N3O5S/c1-30(2,3)39-28(37)23-14-33-29(41-23)35-22-11-10-18(13-17(22)9-12-24(35)36)38-15-19-26(34-40-27(19)16-7-8-16)25-20(31)5-4-6-21(25)32/h4-6,10-11,13-14,16H,7-9,12,15H2,1-3H3. The molecule has 1 aliphatic heterocycles. The van der Waals surface area contributed by atoms with Crippen molar-refractivity contribution in [3.05, 3.63) is 74.4 Å². The molecule has 0 spiro atoms. The fourth-order valence-corrected chi connectivity index (χ4v) is 6.16. The molecule has 0 unspecified atom stereocenters. The lowest BCUT2D eigenvalue weighted by molar-refractivity contribution is -0.118. The molecule has 6 rings (SSSR count). The number of benzene rings is 2. The summed E-state index contributed by atoms with van der Waals surface area (Å²) in [6.07, 6.45) is 4.39. The summed E-state index contributed by atoms with van der Waals surface area (Å²) in [5, 5.41) is 5.73. The zero-order valence-electron chi connectivity index (χ0n) is 22.7. The number of thiazole rings is 1. The number of ether oxygens (including phenoxy) is 2. The van der Waals surface area contributed by atoms with Crippen molar-refractivity contribution in [2.75, 3.05) is 4.90 Å². The van der Waals surface area contributed by atoms with Crippen LogP contribution in [0.4, 0.5) is 10.8 Å². The minimum absolute atomic E-state index is 0.0870. The Morgan fingerprint density at radius 3 is 2.61 bits per heavy atom. The van der Waals surface area contributed by atoms with Gasteiger partial charge in [-0.1, -0.05) is 45.8 Å². The first-order chi connectivity index (χ1) is 19.6. The molecular weight excluding hydrogens is 585 g/mol. The Hall–Kier alpha value is -3.40. The van der Waals surface area contributed by atoms with E-state index in [1.165, 1.54) is 6.20 Å². The van der Waals surface area contributed by atoms with E-state index >= 15 is 0 Å². The monoisotopic (exact) mass is 611 g/mol. The lowest BCUT2D eigenvalue weighted by Crippen LogP contribution is -2.30. The fourth-order valence-electron chi connectivity index (χ4n) is 4.76. The second-order valence-electron chi connectivity index (χ2n) is 11.1. The number of fused-ring (bicyclic) bond motifs is 1. The minimum atomic E-state index is -0.627. The van der Waals surface area contributed by atoms with E-state index in [1.54, 1.807) is 43.9 Å². The van der Waals surface area contributed by atoms with Crippen molar-refractivity contribution in [1.82, 2.24) is 10.1 Å². The zero-order chi connectivity index (χ0) is 28.9. The maximum Gasteiger partial charge on any atom is 0.350 e. The third kappa shape index (κ3) is 5.71. The number of carbonyl (C=O) groups excluding carboxylic acids is 2. The molecule has 0 saturated heterocycles. The molecular formula is C30H27Cl2N3O5S. The van der Waals surface area contributed by atoms with E-state index in [0.29, 0.717) is 61.5 Å². The summed E-state index contributed by atoms with van der Waals surface area (Å²) in [5.41, 5.74) is 3.07. The molecule has 0 bridgehead atoms. The smallest absolute Gasteiger partial charge is 0.350 e. The summed E-state index contributed by atoms with van der Waals surface area (Å²) in [6, 6.07) is 10.9. The molecule has 8 nitrogen and oxygen atoms in total. The van der Waals surface area contributed by atoms with Crippen LogP contribution in [-0.4, -0.2) is 27.6 Å². The van der Waals surface area contributed by atoms with Crippen molar-refractivity contribution in [2.24, 2.45) is 0 Å². The van der Waals surface area contributed by atoms with Crippen LogP contribution in [-0.2, 0) is 22.6 Å². The lowest BCUT2D eigenvalue weighted by atomic mass is 10.0. The molecule has 2 aliphatic rings. The van der Waals surface area contributed by atoms with Crippen molar-refractivity contribution in [3.63, 3.8) is 0 Å². The number of esters is 1. The highest BCUT2D eigenvalue weighted by atomic mass is 35.5. The van der Waals surface area contributed by atoms with Crippen LogP contribution >= 0.6 is 34.5 Å². The molecule has 1 saturated carbocycles. The largest absolute Gasteiger partial charge is 0.489 e. The predicted molar refractivity (Wildman–Crippen MR) is 157 cm³/mol. The molecule has 2 aromatic carbocycles. The Balaban J connectivity index is 1.25. The SMILES string of the molecule is CC(C)(C)OC(=O)c1cnc(N2C(=O)CCc3cc(OCc4c(-c5c(Cl)cccc5Cl)noc4C4CC4)ccc32)s1. The van der Waals surface area contributed by atoms with Gasteiger partial charge in [0.2, 0.25) is 5.91 Å². The first kappa shape index (κ1) is 27.8. The summed E-state index contributed by atoms with van der Waals surface area (Å²) in [5.74, 6) is 1.20. The van der Waals surface area contributed by atoms with Gasteiger partial charge in [-0.2, -0.15) is 0 Å². The number of amides is 1. The third-order valence-electron chi connectivity index (χ3n) is 6.78. The molecule has 4 aromatic rings. The number of hydrogen-bond acceptors (Lipinski definition) is 8. The van der Waals surface area contributed by atoms with Crippen LogP contribution < -0.4 is 9.64 Å². The topological polar surface area (TPSA) is 94.8 Å². The number of aryl methyl sites for hydroxylation is 1. The van der Waals surface area contributed by atoms with Gasteiger partial charge in [0.1, 0.15) is 34.3 Å². The Morgan fingerprint density at radius 1 is 1.15 bits per heavy atom. The van der Waals surface area contributed by atoms with Gasteiger partial charge >= 0.3 is 5.97 Å². The van der Waals surface area contributed by atoms with Crippen molar-refractivity contribution in [3.8, 4) is 17.0 Å². The van der Waals surface area contributed by atoms with E-state index in [0.717, 1.165) is 41.1 Å². The van der Waals surface area contributed by atoms with Crippen molar-refractivity contribution in [2.45, 2.75) is 64.6 Å². The van der Waals surface area contributed by atoms with Crippen LogP contribution in [0.15, 0.2) is 47.1 Å². The Kier molecular flexibility index (Phi) is 7.30. The molecule has 1 fully saturated rings. The Morgan fingerprint density at radius 2 is 1.90 bits per heavy atom. The van der Waals surface area contributed by atoms with E-state index in [4.69, 9.17) is 37.2 Å². The molecule has 41 heavy (non-hydrogen) atoms. The van der Waals surface area contributed by atoms with Gasteiger partial charge in [-0.15, -0.1) is 0 Å². The van der Waals surface area contributed by atoms with E-state index < -0.39 is 11.6 Å². The van der Waals surface area contributed by atoms with E-state index in [9.17, 15) is 9.59 Å². The van der Waals surface area contributed by atoms with Gasteiger partial charge in [0.15, 0.2) is 5.13 Å². The van der Waals surface area contributed by atoms with Gasteiger partial charge in [0.05, 0.1) is 27.5 Å². The molecule has 0 N–H and O–H groups in total. The number of halogens is 2. The van der Waals surface area contributed by atoms with Crippen molar-refractivity contribution in [1.29, 1.82) is 0 Å². The summed E-state index contributed by atoms with van der Waals surface area (Å²) < 4.78 is 17.5. The van der Waals surface area contributed by atoms with Crippen LogP contribution in [0.2, 0.25) is 10.0 Å². The number of anilines is 2. The van der Waals surface area contributed by atoms with Gasteiger partial charge in [0.25, 0.3) is 0 Å². The first-order valence-corrected chi connectivity index (χ1v) is 14.9. The normalized spacial score (nSPS) is 15.1. The molecule has 11 heteroatoms. The van der Waals surface area contributed by atoms with Gasteiger partial charge in [0, 0.05) is 17.9 Å². The molecule has 212 valence electrons. The maximum atomic E-state index is 13.0. The average Bonchev–Trinajstić information content (AvgIpc) is 3.48. The van der Waals surface area contributed by atoms with Crippen LogP contribution in [0.3, 0.4) is 0 Å².